The molecule has 15 heavy (non-hydrogen) atoms. The SMILES string of the molecule is CCc1cccc(-c2c(C)noc2C)n1. The predicted octanol–water partition coefficient (Wildman–Crippen LogP) is 2.92. The minimum absolute atomic E-state index is 0.827. The average molecular weight is 202 g/mol. The second-order valence-corrected chi connectivity index (χ2v) is 3.57. The number of pyridine rings is 1. The molecule has 78 valence electrons. The molecule has 0 aliphatic carbocycles. The molecule has 2 rings (SSSR count). The van der Waals surface area contributed by atoms with Crippen molar-refractivity contribution in [3.8, 4) is 11.3 Å². The van der Waals surface area contributed by atoms with Gasteiger partial charge in [0.25, 0.3) is 0 Å². The van der Waals surface area contributed by atoms with Crippen LogP contribution in [0.4, 0.5) is 0 Å². The second kappa shape index (κ2) is 3.85. The van der Waals surface area contributed by atoms with Crippen molar-refractivity contribution < 1.29 is 4.52 Å². The van der Waals surface area contributed by atoms with Crippen LogP contribution in [0, 0.1) is 13.8 Å². The molecular formula is C12H14N2O. The Kier molecular flexibility index (Phi) is 2.54. The van der Waals surface area contributed by atoms with Crippen LogP contribution in [0.25, 0.3) is 11.3 Å². The van der Waals surface area contributed by atoms with Crippen molar-refractivity contribution in [2.24, 2.45) is 0 Å². The van der Waals surface area contributed by atoms with Crippen molar-refractivity contribution in [3.63, 3.8) is 0 Å². The van der Waals surface area contributed by atoms with Gasteiger partial charge in [0.05, 0.1) is 17.0 Å². The van der Waals surface area contributed by atoms with Gasteiger partial charge in [0.15, 0.2) is 0 Å². The van der Waals surface area contributed by atoms with Crippen molar-refractivity contribution in [2.75, 3.05) is 0 Å². The fraction of sp³-hybridized carbons (Fsp3) is 0.333. The van der Waals surface area contributed by atoms with Gasteiger partial charge in [-0.05, 0) is 32.4 Å². The minimum atomic E-state index is 0.827. The molecule has 0 aliphatic rings. The largest absolute Gasteiger partial charge is 0.361 e. The smallest absolute Gasteiger partial charge is 0.143 e. The number of aromatic nitrogens is 2. The highest BCUT2D eigenvalue weighted by Crippen LogP contribution is 2.24. The maximum absolute atomic E-state index is 5.13. The summed E-state index contributed by atoms with van der Waals surface area (Å²) in [6.45, 7) is 5.95. The molecule has 0 unspecified atom stereocenters. The molecule has 0 saturated heterocycles. The molecular weight excluding hydrogens is 188 g/mol. The van der Waals surface area contributed by atoms with Gasteiger partial charge in [0.1, 0.15) is 5.76 Å². The summed E-state index contributed by atoms with van der Waals surface area (Å²) in [5.41, 5.74) is 3.96. The van der Waals surface area contributed by atoms with Crippen LogP contribution in [0.2, 0.25) is 0 Å². The van der Waals surface area contributed by atoms with Gasteiger partial charge in [-0.15, -0.1) is 0 Å². The van der Waals surface area contributed by atoms with Crippen molar-refractivity contribution in [3.05, 3.63) is 35.3 Å². The molecule has 0 radical (unpaired) electrons. The summed E-state index contributed by atoms with van der Waals surface area (Å²) in [5, 5.41) is 3.93. The van der Waals surface area contributed by atoms with Crippen LogP contribution >= 0.6 is 0 Å². The number of hydrogen-bond acceptors (Lipinski definition) is 3. The van der Waals surface area contributed by atoms with E-state index in [1.54, 1.807) is 0 Å². The highest BCUT2D eigenvalue weighted by Gasteiger charge is 2.12. The number of aryl methyl sites for hydroxylation is 3. The molecule has 2 aromatic rings. The maximum atomic E-state index is 5.13. The summed E-state index contributed by atoms with van der Waals surface area (Å²) in [5.74, 6) is 0.827. The first-order chi connectivity index (χ1) is 7.22. The summed E-state index contributed by atoms with van der Waals surface area (Å²) in [6, 6.07) is 6.04. The van der Waals surface area contributed by atoms with Gasteiger partial charge in [0, 0.05) is 5.69 Å². The first-order valence-electron chi connectivity index (χ1n) is 5.11. The van der Waals surface area contributed by atoms with E-state index >= 15 is 0 Å². The fourth-order valence-electron chi connectivity index (χ4n) is 1.66. The quantitative estimate of drug-likeness (QED) is 0.751. The van der Waals surface area contributed by atoms with E-state index in [0.29, 0.717) is 0 Å². The Hall–Kier alpha value is -1.64. The Labute approximate surface area is 89.1 Å². The van der Waals surface area contributed by atoms with Gasteiger partial charge in [-0.2, -0.15) is 0 Å². The molecule has 0 spiro atoms. The van der Waals surface area contributed by atoms with Crippen LogP contribution < -0.4 is 0 Å². The van der Waals surface area contributed by atoms with Crippen LogP contribution in [-0.4, -0.2) is 10.1 Å². The summed E-state index contributed by atoms with van der Waals surface area (Å²) >= 11 is 0. The van der Waals surface area contributed by atoms with Crippen LogP contribution in [0.5, 0.6) is 0 Å². The number of rotatable bonds is 2. The Morgan fingerprint density at radius 2 is 2.07 bits per heavy atom. The zero-order chi connectivity index (χ0) is 10.8. The molecule has 0 aliphatic heterocycles. The minimum Gasteiger partial charge on any atom is -0.361 e. The summed E-state index contributed by atoms with van der Waals surface area (Å²) in [4.78, 5) is 4.56. The van der Waals surface area contributed by atoms with Crippen LogP contribution in [0.15, 0.2) is 22.7 Å². The highest BCUT2D eigenvalue weighted by atomic mass is 16.5. The average Bonchev–Trinajstić information content (AvgIpc) is 2.59. The van der Waals surface area contributed by atoms with Crippen molar-refractivity contribution in [2.45, 2.75) is 27.2 Å². The zero-order valence-corrected chi connectivity index (χ0v) is 9.24. The van der Waals surface area contributed by atoms with E-state index in [-0.39, 0.29) is 0 Å². The number of nitrogens with zero attached hydrogens (tertiary/aromatic N) is 2. The molecule has 0 saturated carbocycles. The van der Waals surface area contributed by atoms with Gasteiger partial charge in [-0.3, -0.25) is 4.98 Å². The zero-order valence-electron chi connectivity index (χ0n) is 9.24. The first kappa shape index (κ1) is 9.90. The first-order valence-corrected chi connectivity index (χ1v) is 5.11. The normalized spacial score (nSPS) is 10.6. The van der Waals surface area contributed by atoms with Crippen LogP contribution in [-0.2, 0) is 6.42 Å². The Morgan fingerprint density at radius 1 is 1.27 bits per heavy atom. The van der Waals surface area contributed by atoms with E-state index < -0.39 is 0 Å². The monoisotopic (exact) mass is 202 g/mol. The van der Waals surface area contributed by atoms with Gasteiger partial charge < -0.3 is 4.52 Å². The lowest BCUT2D eigenvalue weighted by atomic mass is 10.1. The van der Waals surface area contributed by atoms with E-state index in [4.69, 9.17) is 4.52 Å². The third kappa shape index (κ3) is 1.77. The van der Waals surface area contributed by atoms with Gasteiger partial charge in [-0.1, -0.05) is 18.1 Å². The summed E-state index contributed by atoms with van der Waals surface area (Å²) in [7, 11) is 0. The van der Waals surface area contributed by atoms with Crippen LogP contribution in [0.3, 0.4) is 0 Å². The summed E-state index contributed by atoms with van der Waals surface area (Å²) < 4.78 is 5.13. The molecule has 3 nitrogen and oxygen atoms in total. The molecule has 3 heteroatoms. The van der Waals surface area contributed by atoms with Crippen molar-refractivity contribution >= 4 is 0 Å². The lowest BCUT2D eigenvalue weighted by molar-refractivity contribution is 0.393. The lowest BCUT2D eigenvalue weighted by Gasteiger charge is -2.01. The van der Waals surface area contributed by atoms with E-state index in [9.17, 15) is 0 Å². The molecule has 0 fully saturated rings. The Balaban J connectivity index is 2.53. The molecule has 0 amide bonds. The molecule has 0 atom stereocenters. The van der Waals surface area contributed by atoms with Crippen molar-refractivity contribution in [1.29, 1.82) is 0 Å². The standard InChI is InChI=1S/C12H14N2O/c1-4-10-6-5-7-11(13-10)12-8(2)14-15-9(12)3/h5-7H,4H2,1-3H3. The van der Waals surface area contributed by atoms with Crippen molar-refractivity contribution in [1.82, 2.24) is 10.1 Å². The van der Waals surface area contributed by atoms with E-state index in [2.05, 4.69) is 17.1 Å². The molecule has 2 heterocycles. The van der Waals surface area contributed by atoms with E-state index in [0.717, 1.165) is 34.8 Å². The molecule has 0 aromatic carbocycles. The Morgan fingerprint density at radius 3 is 2.67 bits per heavy atom. The van der Waals surface area contributed by atoms with Gasteiger partial charge in [-0.25, -0.2) is 0 Å². The topological polar surface area (TPSA) is 38.9 Å². The third-order valence-electron chi connectivity index (χ3n) is 2.46. The number of hydrogen-bond donors (Lipinski definition) is 0. The summed E-state index contributed by atoms with van der Waals surface area (Å²) in [6.07, 6.45) is 0.942. The van der Waals surface area contributed by atoms with E-state index in [1.165, 1.54) is 0 Å². The van der Waals surface area contributed by atoms with E-state index in [1.807, 2.05) is 32.0 Å². The van der Waals surface area contributed by atoms with Crippen LogP contribution in [0.1, 0.15) is 24.1 Å². The maximum Gasteiger partial charge on any atom is 0.143 e. The lowest BCUT2D eigenvalue weighted by Crippen LogP contribution is -1.91. The Bertz CT molecular complexity index is 455. The van der Waals surface area contributed by atoms with Gasteiger partial charge in [0.2, 0.25) is 0 Å². The highest BCUT2D eigenvalue weighted by molar-refractivity contribution is 5.63. The molecule has 0 bridgehead atoms. The van der Waals surface area contributed by atoms with Gasteiger partial charge >= 0.3 is 0 Å². The molecule has 2 aromatic heterocycles. The molecule has 0 N–H and O–H groups in total. The predicted molar refractivity (Wildman–Crippen MR) is 58.6 cm³/mol. The fourth-order valence-corrected chi connectivity index (χ4v) is 1.66. The second-order valence-electron chi connectivity index (χ2n) is 3.57. The third-order valence-corrected chi connectivity index (χ3v) is 2.46.